The molecular weight excluding hydrogens is 314 g/mol. The summed E-state index contributed by atoms with van der Waals surface area (Å²) in [5.41, 5.74) is 1.98. The lowest BCUT2D eigenvalue weighted by Crippen LogP contribution is -2.21. The first-order chi connectivity index (χ1) is 10.7. The predicted octanol–water partition coefficient (Wildman–Crippen LogP) is 3.34. The molecule has 114 valence electrons. The lowest BCUT2D eigenvalue weighted by molar-refractivity contribution is 0.310. The maximum atomic E-state index is 12.0. The molecule has 2 heterocycles. The highest BCUT2D eigenvalue weighted by Gasteiger charge is 2.08. The van der Waals surface area contributed by atoms with Gasteiger partial charge in [0.05, 0.1) is 12.1 Å². The second-order valence-electron chi connectivity index (χ2n) is 5.17. The second-order valence-corrected chi connectivity index (χ2v) is 6.96. The minimum absolute atomic E-state index is 0.0484. The highest BCUT2D eigenvalue weighted by atomic mass is 32.2. The molecule has 0 spiro atoms. The molecule has 2 aromatic heterocycles. The van der Waals surface area contributed by atoms with Crippen LogP contribution in [0.5, 0.6) is 0 Å². The van der Waals surface area contributed by atoms with Crippen molar-refractivity contribution in [1.82, 2.24) is 14.9 Å². The van der Waals surface area contributed by atoms with E-state index in [0.29, 0.717) is 17.1 Å². The van der Waals surface area contributed by atoms with Crippen LogP contribution in [0.25, 0.3) is 10.2 Å². The molecule has 0 atom stereocenters. The van der Waals surface area contributed by atoms with Crippen molar-refractivity contribution in [3.05, 3.63) is 57.5 Å². The number of aromatic amines is 1. The van der Waals surface area contributed by atoms with Crippen LogP contribution in [-0.2, 0) is 13.1 Å². The summed E-state index contributed by atoms with van der Waals surface area (Å²) in [6.07, 6.45) is 2.07. The van der Waals surface area contributed by atoms with Crippen molar-refractivity contribution in [3.8, 4) is 0 Å². The van der Waals surface area contributed by atoms with Gasteiger partial charge in [0.1, 0.15) is 10.5 Å². The quantitative estimate of drug-likeness (QED) is 0.729. The minimum atomic E-state index is -0.0484. The third-order valence-corrected chi connectivity index (χ3v) is 5.04. The molecule has 0 fully saturated rings. The summed E-state index contributed by atoms with van der Waals surface area (Å²) in [5, 5.41) is 1.90. The van der Waals surface area contributed by atoms with Gasteiger partial charge < -0.3 is 4.98 Å². The molecule has 1 N–H and O–H groups in total. The van der Waals surface area contributed by atoms with Crippen LogP contribution in [-0.4, -0.2) is 28.2 Å². The summed E-state index contributed by atoms with van der Waals surface area (Å²) in [4.78, 5) is 22.8. The number of fused-ring (bicyclic) bond motifs is 1. The Morgan fingerprint density at radius 2 is 2.00 bits per heavy atom. The number of hydrogen-bond acceptors (Lipinski definition) is 5. The summed E-state index contributed by atoms with van der Waals surface area (Å²) in [7, 11) is 2.03. The largest absolute Gasteiger partial charge is 0.308 e. The molecule has 0 bridgehead atoms. The molecule has 0 radical (unpaired) electrons. The Hall–Kier alpha value is -1.63. The van der Waals surface area contributed by atoms with Crippen molar-refractivity contribution in [2.75, 3.05) is 13.3 Å². The maximum absolute atomic E-state index is 12.0. The smallest absolute Gasteiger partial charge is 0.268 e. The molecule has 3 aromatic rings. The van der Waals surface area contributed by atoms with Crippen LogP contribution in [0.3, 0.4) is 0 Å². The third-order valence-electron chi connectivity index (χ3n) is 3.40. The number of hydrogen-bond donors (Lipinski definition) is 1. The van der Waals surface area contributed by atoms with Gasteiger partial charge in [-0.1, -0.05) is 12.1 Å². The Morgan fingerprint density at radius 1 is 1.23 bits per heavy atom. The van der Waals surface area contributed by atoms with E-state index in [9.17, 15) is 4.79 Å². The van der Waals surface area contributed by atoms with Gasteiger partial charge in [-0.05, 0) is 42.4 Å². The molecule has 0 aliphatic heterocycles. The monoisotopic (exact) mass is 331 g/mol. The van der Waals surface area contributed by atoms with Gasteiger partial charge >= 0.3 is 0 Å². The fraction of sp³-hybridized carbons (Fsp3) is 0.250. The zero-order valence-electron chi connectivity index (χ0n) is 12.5. The van der Waals surface area contributed by atoms with Gasteiger partial charge in [-0.2, -0.15) is 0 Å². The van der Waals surface area contributed by atoms with E-state index in [0.717, 1.165) is 12.1 Å². The molecular formula is C16H17N3OS2. The molecule has 4 nitrogen and oxygen atoms in total. The minimum Gasteiger partial charge on any atom is -0.308 e. The van der Waals surface area contributed by atoms with E-state index >= 15 is 0 Å². The number of rotatable bonds is 5. The van der Waals surface area contributed by atoms with E-state index in [1.54, 1.807) is 11.8 Å². The van der Waals surface area contributed by atoms with Crippen LogP contribution in [0, 0.1) is 0 Å². The SMILES string of the molecule is CSc1ccc(CN(C)Cc2nc3ccsc3c(=O)[nH]2)cc1. The molecule has 1 aromatic carbocycles. The highest BCUT2D eigenvalue weighted by Crippen LogP contribution is 2.17. The van der Waals surface area contributed by atoms with Gasteiger partial charge in [0, 0.05) is 11.4 Å². The summed E-state index contributed by atoms with van der Waals surface area (Å²) < 4.78 is 0.694. The van der Waals surface area contributed by atoms with Gasteiger partial charge in [0.2, 0.25) is 0 Å². The molecule has 0 unspecified atom stereocenters. The number of H-pyrrole nitrogens is 1. The van der Waals surface area contributed by atoms with Crippen LogP contribution in [0.1, 0.15) is 11.4 Å². The zero-order chi connectivity index (χ0) is 15.5. The van der Waals surface area contributed by atoms with E-state index < -0.39 is 0 Å². The first-order valence-corrected chi connectivity index (χ1v) is 9.04. The zero-order valence-corrected chi connectivity index (χ0v) is 14.1. The second kappa shape index (κ2) is 6.64. The van der Waals surface area contributed by atoms with Gasteiger partial charge in [-0.3, -0.25) is 9.69 Å². The Bertz CT molecular complexity index is 823. The van der Waals surface area contributed by atoms with Gasteiger partial charge in [-0.25, -0.2) is 4.98 Å². The van der Waals surface area contributed by atoms with Crippen molar-refractivity contribution >= 4 is 33.3 Å². The van der Waals surface area contributed by atoms with Crippen molar-refractivity contribution in [3.63, 3.8) is 0 Å². The Labute approximate surface area is 137 Å². The van der Waals surface area contributed by atoms with E-state index in [2.05, 4.69) is 45.4 Å². The summed E-state index contributed by atoms with van der Waals surface area (Å²) in [6, 6.07) is 10.4. The van der Waals surface area contributed by atoms with Gasteiger partial charge in [0.25, 0.3) is 5.56 Å². The van der Waals surface area contributed by atoms with Crippen molar-refractivity contribution < 1.29 is 0 Å². The molecule has 0 saturated heterocycles. The third kappa shape index (κ3) is 3.40. The van der Waals surface area contributed by atoms with Crippen LogP contribution in [0.4, 0.5) is 0 Å². The average molecular weight is 331 g/mol. The fourth-order valence-electron chi connectivity index (χ4n) is 2.35. The van der Waals surface area contributed by atoms with E-state index in [1.807, 2.05) is 18.5 Å². The molecule has 3 rings (SSSR count). The molecule has 0 aliphatic carbocycles. The molecule has 6 heteroatoms. The Balaban J connectivity index is 1.71. The maximum Gasteiger partial charge on any atom is 0.268 e. The molecule has 0 saturated carbocycles. The van der Waals surface area contributed by atoms with Gasteiger partial charge in [0.15, 0.2) is 0 Å². The number of nitrogens with one attached hydrogen (secondary N) is 1. The fourth-order valence-corrected chi connectivity index (χ4v) is 3.48. The molecule has 0 amide bonds. The standard InChI is InChI=1S/C16H17N3OS2/c1-19(9-11-3-5-12(21-2)6-4-11)10-14-17-13-7-8-22-15(13)16(20)18-14/h3-8H,9-10H2,1-2H3,(H,17,18,20). The van der Waals surface area contributed by atoms with Crippen molar-refractivity contribution in [2.24, 2.45) is 0 Å². The number of benzene rings is 1. The number of nitrogens with zero attached hydrogens (tertiary/aromatic N) is 2. The van der Waals surface area contributed by atoms with Crippen LogP contribution < -0.4 is 5.56 Å². The Kier molecular flexibility index (Phi) is 4.61. The first-order valence-electron chi connectivity index (χ1n) is 6.93. The van der Waals surface area contributed by atoms with Crippen LogP contribution in [0.2, 0.25) is 0 Å². The summed E-state index contributed by atoms with van der Waals surface area (Å²) in [6.45, 7) is 1.44. The van der Waals surface area contributed by atoms with E-state index in [-0.39, 0.29) is 5.56 Å². The van der Waals surface area contributed by atoms with Crippen molar-refractivity contribution in [2.45, 2.75) is 18.0 Å². The van der Waals surface area contributed by atoms with Crippen LogP contribution >= 0.6 is 23.1 Å². The Morgan fingerprint density at radius 3 is 2.73 bits per heavy atom. The molecule has 0 aliphatic rings. The number of aromatic nitrogens is 2. The van der Waals surface area contributed by atoms with Gasteiger partial charge in [-0.15, -0.1) is 23.1 Å². The van der Waals surface area contributed by atoms with Crippen LogP contribution in [0.15, 0.2) is 45.4 Å². The topological polar surface area (TPSA) is 49.0 Å². The number of thioether (sulfide) groups is 1. The van der Waals surface area contributed by atoms with Crippen molar-refractivity contribution in [1.29, 1.82) is 0 Å². The highest BCUT2D eigenvalue weighted by molar-refractivity contribution is 7.98. The lowest BCUT2D eigenvalue weighted by Gasteiger charge is -2.16. The number of thiophene rings is 1. The summed E-state index contributed by atoms with van der Waals surface area (Å²) >= 11 is 3.17. The average Bonchev–Trinajstić information content (AvgIpc) is 2.97. The first kappa shape index (κ1) is 15.3. The summed E-state index contributed by atoms with van der Waals surface area (Å²) in [5.74, 6) is 0.708. The van der Waals surface area contributed by atoms with E-state index in [4.69, 9.17) is 0 Å². The predicted molar refractivity (Wildman–Crippen MR) is 93.6 cm³/mol. The lowest BCUT2D eigenvalue weighted by atomic mass is 10.2. The van der Waals surface area contributed by atoms with E-state index in [1.165, 1.54) is 21.8 Å². The normalized spacial score (nSPS) is 11.4. The molecule has 22 heavy (non-hydrogen) atoms.